The summed E-state index contributed by atoms with van der Waals surface area (Å²) >= 11 is 3.00. The lowest BCUT2D eigenvalue weighted by molar-refractivity contribution is 0.263. The van der Waals surface area contributed by atoms with E-state index in [4.69, 9.17) is 10.8 Å². The Balaban J connectivity index is 2.92. The molecule has 0 aliphatic carbocycles. The van der Waals surface area contributed by atoms with Crippen LogP contribution in [0.15, 0.2) is 21.5 Å². The number of rotatable bonds is 6. The van der Waals surface area contributed by atoms with E-state index in [9.17, 15) is 12.8 Å². The van der Waals surface area contributed by atoms with E-state index in [2.05, 4.69) is 20.7 Å². The van der Waals surface area contributed by atoms with Gasteiger partial charge in [0.1, 0.15) is 5.82 Å². The minimum absolute atomic E-state index is 0.00338. The van der Waals surface area contributed by atoms with Crippen LogP contribution < -0.4 is 10.5 Å². The van der Waals surface area contributed by atoms with Crippen LogP contribution in [0.25, 0.3) is 0 Å². The van der Waals surface area contributed by atoms with Crippen LogP contribution in [-0.2, 0) is 10.0 Å². The van der Waals surface area contributed by atoms with Gasteiger partial charge in [-0.1, -0.05) is 6.92 Å². The van der Waals surface area contributed by atoms with Crippen molar-refractivity contribution in [1.82, 2.24) is 4.72 Å². The monoisotopic (exact) mass is 354 g/mol. The molecule has 0 aliphatic heterocycles. The van der Waals surface area contributed by atoms with Gasteiger partial charge < -0.3 is 10.8 Å². The van der Waals surface area contributed by atoms with Crippen LogP contribution in [0.1, 0.15) is 13.3 Å². The molecule has 5 nitrogen and oxygen atoms in total. The molecule has 19 heavy (non-hydrogen) atoms. The fourth-order valence-corrected chi connectivity index (χ4v) is 3.61. The van der Waals surface area contributed by atoms with E-state index >= 15 is 0 Å². The Kier molecular flexibility index (Phi) is 5.72. The SMILES string of the molecule is CC(CCO)CNS(=O)(=O)c1cc(N)c(F)cc1Br. The fraction of sp³-hybridized carbons (Fsp3) is 0.455. The molecule has 0 aliphatic rings. The first-order chi connectivity index (χ1) is 8.77. The van der Waals surface area contributed by atoms with Crippen molar-refractivity contribution in [2.75, 3.05) is 18.9 Å². The number of nitrogen functional groups attached to an aromatic ring is 1. The molecule has 1 aromatic rings. The van der Waals surface area contributed by atoms with Crippen LogP contribution in [-0.4, -0.2) is 26.7 Å². The molecule has 0 radical (unpaired) electrons. The molecular weight excluding hydrogens is 339 g/mol. The fourth-order valence-electron chi connectivity index (χ4n) is 1.40. The van der Waals surface area contributed by atoms with Crippen LogP contribution in [0, 0.1) is 11.7 Å². The quantitative estimate of drug-likeness (QED) is 0.674. The van der Waals surface area contributed by atoms with Gasteiger partial charge in [0, 0.05) is 17.6 Å². The summed E-state index contributed by atoms with van der Waals surface area (Å²) < 4.78 is 39.8. The van der Waals surface area contributed by atoms with E-state index in [-0.39, 0.29) is 34.1 Å². The van der Waals surface area contributed by atoms with Gasteiger partial charge in [-0.25, -0.2) is 17.5 Å². The predicted octanol–water partition coefficient (Wildman–Crippen LogP) is 1.47. The third kappa shape index (κ3) is 4.41. The number of benzene rings is 1. The molecule has 0 aromatic heterocycles. The van der Waals surface area contributed by atoms with Gasteiger partial charge in [0.05, 0.1) is 10.6 Å². The third-order valence-electron chi connectivity index (χ3n) is 2.58. The summed E-state index contributed by atoms with van der Waals surface area (Å²) in [6.45, 7) is 2.00. The average molecular weight is 355 g/mol. The van der Waals surface area contributed by atoms with Crippen LogP contribution in [0.5, 0.6) is 0 Å². The molecule has 108 valence electrons. The molecular formula is C11H16BrFN2O3S. The molecule has 0 saturated heterocycles. The average Bonchev–Trinajstić information content (AvgIpc) is 2.31. The first-order valence-corrected chi connectivity index (χ1v) is 7.90. The molecule has 0 fully saturated rings. The number of sulfonamides is 1. The van der Waals surface area contributed by atoms with Gasteiger partial charge in [0.2, 0.25) is 10.0 Å². The lowest BCUT2D eigenvalue weighted by Crippen LogP contribution is -2.29. The molecule has 1 aromatic carbocycles. The minimum Gasteiger partial charge on any atom is -0.396 e. The summed E-state index contributed by atoms with van der Waals surface area (Å²) in [5.74, 6) is -0.684. The zero-order chi connectivity index (χ0) is 14.6. The van der Waals surface area contributed by atoms with E-state index in [1.54, 1.807) is 0 Å². The molecule has 1 rings (SSSR count). The second-order valence-corrected chi connectivity index (χ2v) is 6.86. The number of halogens is 2. The standard InChI is InChI=1S/C11H16BrFN2O3S/c1-7(2-3-16)6-15-19(17,18)11-5-10(14)9(13)4-8(11)12/h4-5,7,15-16H,2-3,6,14H2,1H3. The van der Waals surface area contributed by atoms with Gasteiger partial charge in [0.25, 0.3) is 0 Å². The molecule has 0 bridgehead atoms. The molecule has 0 heterocycles. The molecule has 8 heteroatoms. The normalized spacial score (nSPS) is 13.5. The molecule has 1 atom stereocenters. The van der Waals surface area contributed by atoms with Crippen LogP contribution in [0.2, 0.25) is 0 Å². The van der Waals surface area contributed by atoms with Gasteiger partial charge >= 0.3 is 0 Å². The number of nitrogens with one attached hydrogen (secondary N) is 1. The highest BCUT2D eigenvalue weighted by Crippen LogP contribution is 2.26. The summed E-state index contributed by atoms with van der Waals surface area (Å²) in [7, 11) is -3.77. The van der Waals surface area contributed by atoms with Crippen molar-refractivity contribution in [3.8, 4) is 0 Å². The zero-order valence-corrected chi connectivity index (χ0v) is 12.8. The highest BCUT2D eigenvalue weighted by atomic mass is 79.9. The van der Waals surface area contributed by atoms with E-state index < -0.39 is 15.8 Å². The molecule has 4 N–H and O–H groups in total. The molecule has 1 unspecified atom stereocenters. The minimum atomic E-state index is -3.77. The molecule has 0 spiro atoms. The smallest absolute Gasteiger partial charge is 0.241 e. The maximum atomic E-state index is 13.2. The highest BCUT2D eigenvalue weighted by molar-refractivity contribution is 9.10. The van der Waals surface area contributed by atoms with Crippen LogP contribution in [0.4, 0.5) is 10.1 Å². The predicted molar refractivity (Wildman–Crippen MR) is 74.6 cm³/mol. The summed E-state index contributed by atoms with van der Waals surface area (Å²) in [4.78, 5) is -0.109. The number of hydrogen-bond donors (Lipinski definition) is 3. The van der Waals surface area contributed by atoms with Crippen LogP contribution >= 0.6 is 15.9 Å². The van der Waals surface area contributed by atoms with E-state index in [1.165, 1.54) is 0 Å². The maximum absolute atomic E-state index is 13.2. The Morgan fingerprint density at radius 1 is 1.53 bits per heavy atom. The van der Waals surface area contributed by atoms with Gasteiger partial charge in [-0.2, -0.15) is 0 Å². The summed E-state index contributed by atoms with van der Waals surface area (Å²) in [6.07, 6.45) is 0.495. The summed E-state index contributed by atoms with van der Waals surface area (Å²) in [5.41, 5.74) is 5.14. The molecule has 0 saturated carbocycles. The zero-order valence-electron chi connectivity index (χ0n) is 10.4. The van der Waals surface area contributed by atoms with Gasteiger partial charge in [-0.05, 0) is 40.4 Å². The first kappa shape index (κ1) is 16.4. The number of anilines is 1. The van der Waals surface area contributed by atoms with Gasteiger partial charge in [-0.3, -0.25) is 0 Å². The van der Waals surface area contributed by atoms with Crippen molar-refractivity contribution in [2.24, 2.45) is 5.92 Å². The second kappa shape index (κ2) is 6.65. The number of aliphatic hydroxyl groups is 1. The van der Waals surface area contributed by atoms with Crippen molar-refractivity contribution in [3.05, 3.63) is 22.4 Å². The lowest BCUT2D eigenvalue weighted by Gasteiger charge is -2.13. The Labute approximate surface area is 120 Å². The Morgan fingerprint density at radius 3 is 2.74 bits per heavy atom. The first-order valence-electron chi connectivity index (χ1n) is 5.63. The van der Waals surface area contributed by atoms with Crippen molar-refractivity contribution in [3.63, 3.8) is 0 Å². The Hall–Kier alpha value is -0.700. The number of hydrogen-bond acceptors (Lipinski definition) is 4. The van der Waals surface area contributed by atoms with Crippen molar-refractivity contribution >= 4 is 31.6 Å². The van der Waals surface area contributed by atoms with E-state index in [0.717, 1.165) is 12.1 Å². The largest absolute Gasteiger partial charge is 0.396 e. The second-order valence-electron chi connectivity index (χ2n) is 4.27. The third-order valence-corrected chi connectivity index (χ3v) is 4.97. The summed E-state index contributed by atoms with van der Waals surface area (Å²) in [6, 6.07) is 2.08. The topological polar surface area (TPSA) is 92.4 Å². The van der Waals surface area contributed by atoms with Crippen molar-refractivity contribution in [2.45, 2.75) is 18.2 Å². The van der Waals surface area contributed by atoms with E-state index in [0.29, 0.717) is 6.42 Å². The Bertz CT molecular complexity index is 551. The number of aliphatic hydroxyl groups excluding tert-OH is 1. The molecule has 0 amide bonds. The van der Waals surface area contributed by atoms with Crippen molar-refractivity contribution < 1.29 is 17.9 Å². The Morgan fingerprint density at radius 2 is 2.16 bits per heavy atom. The van der Waals surface area contributed by atoms with Crippen LogP contribution in [0.3, 0.4) is 0 Å². The van der Waals surface area contributed by atoms with Gasteiger partial charge in [-0.15, -0.1) is 0 Å². The van der Waals surface area contributed by atoms with Gasteiger partial charge in [0.15, 0.2) is 0 Å². The van der Waals surface area contributed by atoms with E-state index in [1.807, 2.05) is 6.92 Å². The summed E-state index contributed by atoms with van der Waals surface area (Å²) in [5, 5.41) is 8.75. The maximum Gasteiger partial charge on any atom is 0.241 e. The highest BCUT2D eigenvalue weighted by Gasteiger charge is 2.20. The van der Waals surface area contributed by atoms with Crippen molar-refractivity contribution in [1.29, 1.82) is 0 Å². The lowest BCUT2D eigenvalue weighted by atomic mass is 10.1. The number of nitrogens with two attached hydrogens (primary N) is 1.